The van der Waals surface area contributed by atoms with E-state index in [0.29, 0.717) is 13.2 Å². The van der Waals surface area contributed by atoms with Crippen LogP contribution in [-0.4, -0.2) is 34.3 Å². The second kappa shape index (κ2) is 12.8. The quantitative estimate of drug-likeness (QED) is 0.257. The number of nitrogens with one attached hydrogen (secondary N) is 2. The lowest BCUT2D eigenvalue weighted by Gasteiger charge is -2.15. The summed E-state index contributed by atoms with van der Waals surface area (Å²) in [7, 11) is 1.77. The van der Waals surface area contributed by atoms with Crippen LogP contribution in [0.5, 0.6) is 5.75 Å². The van der Waals surface area contributed by atoms with Gasteiger partial charge < -0.3 is 19.9 Å². The minimum absolute atomic E-state index is 0. The molecule has 0 amide bonds. The molecule has 2 N–H and O–H groups in total. The molecule has 8 heteroatoms. The summed E-state index contributed by atoms with van der Waals surface area (Å²) < 4.78 is 7.96. The average Bonchev–Trinajstić information content (AvgIpc) is 3.23. The van der Waals surface area contributed by atoms with Crippen molar-refractivity contribution < 1.29 is 4.74 Å². The van der Waals surface area contributed by atoms with Crippen molar-refractivity contribution in [3.05, 3.63) is 77.9 Å². The van der Waals surface area contributed by atoms with Crippen molar-refractivity contribution in [2.75, 3.05) is 13.6 Å². The van der Waals surface area contributed by atoms with E-state index in [1.54, 1.807) is 13.4 Å². The Morgan fingerprint density at radius 3 is 2.50 bits per heavy atom. The van der Waals surface area contributed by atoms with Gasteiger partial charge in [0.25, 0.3) is 0 Å². The molecule has 7 nitrogen and oxygen atoms in total. The molecule has 30 heavy (non-hydrogen) atoms. The Morgan fingerprint density at radius 1 is 1.03 bits per heavy atom. The summed E-state index contributed by atoms with van der Waals surface area (Å²) in [6.07, 6.45) is 2.63. The van der Waals surface area contributed by atoms with E-state index in [0.717, 1.165) is 42.6 Å². The van der Waals surface area contributed by atoms with E-state index in [1.165, 1.54) is 5.56 Å². The van der Waals surface area contributed by atoms with Gasteiger partial charge in [-0.05, 0) is 23.3 Å². The van der Waals surface area contributed by atoms with Gasteiger partial charge in [0.2, 0.25) is 0 Å². The molecule has 2 aromatic carbocycles. The van der Waals surface area contributed by atoms with Crippen molar-refractivity contribution in [1.82, 2.24) is 25.4 Å². The Balaban J connectivity index is 0.00000320. The maximum absolute atomic E-state index is 5.91. The number of ether oxygens (including phenoxy) is 1. The highest BCUT2D eigenvalue weighted by Crippen LogP contribution is 2.14. The molecule has 0 aliphatic heterocycles. The number of hydrogen-bond acceptors (Lipinski definition) is 4. The highest BCUT2D eigenvalue weighted by molar-refractivity contribution is 14.0. The van der Waals surface area contributed by atoms with Crippen LogP contribution in [0.1, 0.15) is 23.9 Å². The molecule has 160 valence electrons. The van der Waals surface area contributed by atoms with E-state index in [-0.39, 0.29) is 24.0 Å². The molecule has 0 saturated heterocycles. The fourth-order valence-corrected chi connectivity index (χ4v) is 2.98. The summed E-state index contributed by atoms with van der Waals surface area (Å²) in [5.41, 5.74) is 2.33. The van der Waals surface area contributed by atoms with Gasteiger partial charge in [-0.25, -0.2) is 0 Å². The number of nitrogens with zero attached hydrogens (tertiary/aromatic N) is 4. The Morgan fingerprint density at radius 2 is 1.77 bits per heavy atom. The molecule has 0 atom stereocenters. The zero-order valence-electron chi connectivity index (χ0n) is 17.4. The van der Waals surface area contributed by atoms with Crippen LogP contribution in [0.15, 0.2) is 65.9 Å². The minimum atomic E-state index is 0. The smallest absolute Gasteiger partial charge is 0.191 e. The second-order valence-corrected chi connectivity index (χ2v) is 6.52. The van der Waals surface area contributed by atoms with Crippen LogP contribution in [-0.2, 0) is 26.1 Å². The number of para-hydroxylation sites is 1. The molecular formula is C22H29IN6O. The van der Waals surface area contributed by atoms with Crippen LogP contribution in [0, 0.1) is 0 Å². The van der Waals surface area contributed by atoms with Gasteiger partial charge in [-0.1, -0.05) is 49.4 Å². The average molecular weight is 520 g/mol. The number of benzene rings is 2. The zero-order chi connectivity index (χ0) is 20.3. The van der Waals surface area contributed by atoms with E-state index in [2.05, 4.69) is 49.4 Å². The fraction of sp³-hybridized carbons (Fsp3) is 0.318. The molecule has 0 aliphatic rings. The lowest BCUT2D eigenvalue weighted by atomic mass is 10.1. The summed E-state index contributed by atoms with van der Waals surface area (Å²) in [5.74, 6) is 2.62. The number of guanidine groups is 1. The van der Waals surface area contributed by atoms with E-state index in [9.17, 15) is 0 Å². The van der Waals surface area contributed by atoms with Crippen LogP contribution in [0.4, 0.5) is 0 Å². The Labute approximate surface area is 195 Å². The van der Waals surface area contributed by atoms with E-state index >= 15 is 0 Å². The number of halogens is 1. The number of hydrogen-bond donors (Lipinski definition) is 2. The Kier molecular flexibility index (Phi) is 10.1. The maximum Gasteiger partial charge on any atom is 0.191 e. The lowest BCUT2D eigenvalue weighted by Crippen LogP contribution is -2.38. The van der Waals surface area contributed by atoms with Crippen molar-refractivity contribution >= 4 is 29.9 Å². The van der Waals surface area contributed by atoms with Gasteiger partial charge in [-0.3, -0.25) is 4.99 Å². The van der Waals surface area contributed by atoms with E-state index < -0.39 is 0 Å². The van der Waals surface area contributed by atoms with E-state index in [4.69, 9.17) is 4.74 Å². The highest BCUT2D eigenvalue weighted by atomic mass is 127. The molecule has 1 aromatic heterocycles. The van der Waals surface area contributed by atoms with Crippen LogP contribution in [0.25, 0.3) is 0 Å². The summed E-state index contributed by atoms with van der Waals surface area (Å²) >= 11 is 0. The minimum Gasteiger partial charge on any atom is -0.489 e. The maximum atomic E-state index is 5.91. The lowest BCUT2D eigenvalue weighted by molar-refractivity contribution is 0.305. The summed E-state index contributed by atoms with van der Waals surface area (Å²) in [6.45, 7) is 4.80. The number of aryl methyl sites for hydroxylation is 1. The van der Waals surface area contributed by atoms with Crippen molar-refractivity contribution in [2.45, 2.75) is 33.0 Å². The van der Waals surface area contributed by atoms with Crippen LogP contribution >= 0.6 is 24.0 Å². The standard InChI is InChI=1S/C22H28N6O.HI/c1-3-21-27-26-17-28(21)14-13-24-22(23-2)25-15-18-9-7-8-10-19(18)16-29-20-11-5-4-6-12-20;/h4-12,17H,3,13-16H2,1-2H3,(H2,23,24,25);1H. The highest BCUT2D eigenvalue weighted by Gasteiger charge is 2.06. The van der Waals surface area contributed by atoms with Gasteiger partial charge in [0, 0.05) is 33.1 Å². The second-order valence-electron chi connectivity index (χ2n) is 6.52. The Bertz CT molecular complexity index is 913. The fourth-order valence-electron chi connectivity index (χ4n) is 2.98. The summed E-state index contributed by atoms with van der Waals surface area (Å²) in [6, 6.07) is 18.1. The monoisotopic (exact) mass is 520 g/mol. The number of rotatable bonds is 9. The predicted octanol–water partition coefficient (Wildman–Crippen LogP) is 3.40. The van der Waals surface area contributed by atoms with Crippen LogP contribution in [0.2, 0.25) is 0 Å². The molecule has 0 bridgehead atoms. The topological polar surface area (TPSA) is 76.4 Å². The van der Waals surface area contributed by atoms with Gasteiger partial charge in [0.15, 0.2) is 5.96 Å². The molecule has 0 saturated carbocycles. The molecule has 0 unspecified atom stereocenters. The number of aliphatic imine (C=N–C) groups is 1. The van der Waals surface area contributed by atoms with Gasteiger partial charge >= 0.3 is 0 Å². The van der Waals surface area contributed by atoms with Gasteiger partial charge in [-0.15, -0.1) is 34.2 Å². The first-order valence-electron chi connectivity index (χ1n) is 9.86. The van der Waals surface area contributed by atoms with Gasteiger partial charge in [0.1, 0.15) is 24.5 Å². The zero-order valence-corrected chi connectivity index (χ0v) is 19.7. The Hall–Kier alpha value is -2.62. The van der Waals surface area contributed by atoms with Gasteiger partial charge in [-0.2, -0.15) is 0 Å². The first kappa shape index (κ1) is 23.7. The number of aromatic nitrogens is 3. The van der Waals surface area contributed by atoms with Crippen LogP contribution < -0.4 is 15.4 Å². The molecule has 0 radical (unpaired) electrons. The molecule has 0 aliphatic carbocycles. The molecule has 0 fully saturated rings. The predicted molar refractivity (Wildman–Crippen MR) is 130 cm³/mol. The molecule has 3 rings (SSSR count). The van der Waals surface area contributed by atoms with Crippen molar-refractivity contribution in [3.63, 3.8) is 0 Å². The first-order valence-corrected chi connectivity index (χ1v) is 9.86. The van der Waals surface area contributed by atoms with Crippen molar-refractivity contribution in [2.24, 2.45) is 4.99 Å². The molecule has 3 aromatic rings. The normalized spacial score (nSPS) is 10.9. The summed E-state index contributed by atoms with van der Waals surface area (Å²) in [5, 5.41) is 14.8. The largest absolute Gasteiger partial charge is 0.489 e. The third-order valence-corrected chi connectivity index (χ3v) is 4.58. The van der Waals surface area contributed by atoms with Crippen molar-refractivity contribution in [3.8, 4) is 5.75 Å². The molecule has 0 spiro atoms. The first-order chi connectivity index (χ1) is 14.3. The molecule has 1 heterocycles. The molecular weight excluding hydrogens is 491 g/mol. The third-order valence-electron chi connectivity index (χ3n) is 4.58. The van der Waals surface area contributed by atoms with Crippen LogP contribution in [0.3, 0.4) is 0 Å². The van der Waals surface area contributed by atoms with E-state index in [1.807, 2.05) is 42.5 Å². The summed E-state index contributed by atoms with van der Waals surface area (Å²) in [4.78, 5) is 4.31. The van der Waals surface area contributed by atoms with Crippen molar-refractivity contribution in [1.29, 1.82) is 0 Å². The SMILES string of the molecule is CCc1nncn1CCNC(=NC)NCc1ccccc1COc1ccccc1.I. The third kappa shape index (κ3) is 7.01. The van der Waals surface area contributed by atoms with Gasteiger partial charge in [0.05, 0.1) is 0 Å².